The Kier molecular flexibility index (Phi) is 5.90. The number of nitrogens with one attached hydrogen (secondary N) is 1. The number of methoxy groups -OCH3 is 1. The number of allylic oxidation sites excluding steroid dienone is 2. The van der Waals surface area contributed by atoms with E-state index in [0.717, 1.165) is 44.9 Å². The highest BCUT2D eigenvalue weighted by Crippen LogP contribution is 2.74. The van der Waals surface area contributed by atoms with Gasteiger partial charge in [-0.15, -0.1) is 0 Å². The molecule has 5 rings (SSSR count). The third kappa shape index (κ3) is 3.38. The predicted octanol–water partition coefficient (Wildman–Crippen LogP) is 6.39. The zero-order valence-corrected chi connectivity index (χ0v) is 24.6. The number of nitrogens with zero attached hydrogens (tertiary/aromatic N) is 1. The second kappa shape index (κ2) is 8.18. The van der Waals surface area contributed by atoms with E-state index < -0.39 is 22.5 Å². The first-order valence-corrected chi connectivity index (χ1v) is 14.6. The summed E-state index contributed by atoms with van der Waals surface area (Å²) in [6.45, 7) is 15.5. The molecule has 5 aliphatic carbocycles. The van der Waals surface area contributed by atoms with Crippen molar-refractivity contribution in [2.24, 2.45) is 50.7 Å². The van der Waals surface area contributed by atoms with E-state index in [0.29, 0.717) is 12.2 Å². The lowest BCUT2D eigenvalue weighted by Gasteiger charge is -2.72. The molecule has 0 aromatic carbocycles. The maximum atomic E-state index is 14.5. The summed E-state index contributed by atoms with van der Waals surface area (Å²) in [6, 6.07) is 2.20. The minimum absolute atomic E-state index is 0.0573. The normalized spacial score (nSPS) is 46.8. The van der Waals surface area contributed by atoms with Crippen LogP contribution in [0, 0.1) is 62.1 Å². The van der Waals surface area contributed by atoms with Gasteiger partial charge in [0.05, 0.1) is 12.7 Å². The second-order valence-electron chi connectivity index (χ2n) is 15.5. The SMILES string of the molecule is COC(=O)N[C@]12CCC(C)(C)C[C@H]1[C@H]1C(=O)C[C@@H]3[C@@]4(C)C=C(C#N)C(=O)C(C)(C)[C@@H]4CC[C@@]3(C)[C@]1(C)CC2. The highest BCUT2D eigenvalue weighted by atomic mass is 16.5. The molecule has 0 aliphatic heterocycles. The first-order chi connectivity index (χ1) is 17.5. The number of nitriles is 1. The third-order valence-corrected chi connectivity index (χ3v) is 13.0. The maximum absolute atomic E-state index is 14.5. The standard InChI is InChI=1S/C32H46N2O4/c1-27(2)11-13-32(34-26(37)38-8)14-12-31(7)24(20(32)17-27)21(35)15-23-29(5)16-19(18-33)25(36)28(3,4)22(29)9-10-30(23,31)6/h16,20,22-24H,9-15,17H2,1-8H3,(H,34,37)/t20-,22-,23+,24-,29-,30+,31+,32-/m0/s1. The predicted molar refractivity (Wildman–Crippen MR) is 145 cm³/mol. The van der Waals surface area contributed by atoms with Gasteiger partial charge in [0.15, 0.2) is 5.78 Å². The third-order valence-electron chi connectivity index (χ3n) is 13.0. The fraction of sp³-hybridized carbons (Fsp3) is 0.812. The van der Waals surface area contributed by atoms with Gasteiger partial charge in [-0.05, 0) is 84.4 Å². The van der Waals surface area contributed by atoms with Crippen molar-refractivity contribution in [1.29, 1.82) is 5.26 Å². The number of ketones is 2. The second-order valence-corrected chi connectivity index (χ2v) is 15.5. The summed E-state index contributed by atoms with van der Waals surface area (Å²) in [4.78, 5) is 40.3. The molecule has 0 unspecified atom stereocenters. The number of alkyl carbamates (subject to hydrolysis) is 1. The Labute approximate surface area is 228 Å². The van der Waals surface area contributed by atoms with Gasteiger partial charge in [0.25, 0.3) is 0 Å². The Balaban J connectivity index is 1.62. The Bertz CT molecular complexity index is 1160. The average Bonchev–Trinajstić information content (AvgIpc) is 2.83. The minimum Gasteiger partial charge on any atom is -0.453 e. The number of Topliss-reactive ketones (excluding diaryl/α,β-unsaturated/α-hetero) is 2. The molecule has 1 amide bonds. The number of carbonyl (C=O) groups excluding carboxylic acids is 3. The van der Waals surface area contributed by atoms with Crippen LogP contribution >= 0.6 is 0 Å². The Morgan fingerprint density at radius 2 is 1.63 bits per heavy atom. The van der Waals surface area contributed by atoms with E-state index in [4.69, 9.17) is 4.74 Å². The van der Waals surface area contributed by atoms with Gasteiger partial charge in [-0.3, -0.25) is 9.59 Å². The molecule has 208 valence electrons. The summed E-state index contributed by atoms with van der Waals surface area (Å²) >= 11 is 0. The molecular formula is C32H46N2O4. The number of ether oxygens (including phenoxy) is 1. The van der Waals surface area contributed by atoms with Crippen molar-refractivity contribution in [3.63, 3.8) is 0 Å². The van der Waals surface area contributed by atoms with Crippen LogP contribution in [0.25, 0.3) is 0 Å². The van der Waals surface area contributed by atoms with Gasteiger partial charge in [-0.2, -0.15) is 5.26 Å². The molecule has 0 heterocycles. The summed E-state index contributed by atoms with van der Waals surface area (Å²) in [7, 11) is 1.41. The Morgan fingerprint density at radius 3 is 2.26 bits per heavy atom. The molecule has 6 nitrogen and oxygen atoms in total. The van der Waals surface area contributed by atoms with E-state index in [1.165, 1.54) is 7.11 Å². The van der Waals surface area contributed by atoms with Crippen LogP contribution in [0.15, 0.2) is 11.6 Å². The lowest BCUT2D eigenvalue weighted by molar-refractivity contribution is -0.214. The molecule has 0 spiro atoms. The van der Waals surface area contributed by atoms with Gasteiger partial charge in [0.1, 0.15) is 11.9 Å². The van der Waals surface area contributed by atoms with Gasteiger partial charge in [-0.25, -0.2) is 4.79 Å². The van der Waals surface area contributed by atoms with E-state index in [1.54, 1.807) is 0 Å². The summed E-state index contributed by atoms with van der Waals surface area (Å²) < 4.78 is 5.07. The van der Waals surface area contributed by atoms with Gasteiger partial charge >= 0.3 is 6.09 Å². The molecule has 6 heteroatoms. The summed E-state index contributed by atoms with van der Waals surface area (Å²) in [6.07, 6.45) is 8.40. The average molecular weight is 523 g/mol. The van der Waals surface area contributed by atoms with Crippen LogP contribution in [0.3, 0.4) is 0 Å². The molecule has 0 aromatic heterocycles. The first kappa shape index (κ1) is 27.4. The van der Waals surface area contributed by atoms with E-state index in [-0.39, 0.29) is 51.3 Å². The van der Waals surface area contributed by atoms with Gasteiger partial charge in [0, 0.05) is 23.3 Å². The van der Waals surface area contributed by atoms with Crippen molar-refractivity contribution < 1.29 is 19.1 Å². The summed E-state index contributed by atoms with van der Waals surface area (Å²) in [5, 5.41) is 13.2. The molecule has 38 heavy (non-hydrogen) atoms. The van der Waals surface area contributed by atoms with E-state index >= 15 is 0 Å². The molecule has 5 aliphatic rings. The van der Waals surface area contributed by atoms with E-state index in [2.05, 4.69) is 46.0 Å². The van der Waals surface area contributed by atoms with Crippen molar-refractivity contribution in [1.82, 2.24) is 5.32 Å². The van der Waals surface area contributed by atoms with E-state index in [1.807, 2.05) is 19.9 Å². The zero-order valence-electron chi connectivity index (χ0n) is 24.6. The molecule has 4 fully saturated rings. The molecule has 0 saturated heterocycles. The van der Waals surface area contributed by atoms with Crippen molar-refractivity contribution in [3.05, 3.63) is 11.6 Å². The van der Waals surface area contributed by atoms with Gasteiger partial charge in [0.2, 0.25) is 0 Å². The highest BCUT2D eigenvalue weighted by molar-refractivity contribution is 6.04. The fourth-order valence-corrected chi connectivity index (χ4v) is 10.8. The van der Waals surface area contributed by atoms with Crippen LogP contribution in [0.1, 0.15) is 99.8 Å². The largest absolute Gasteiger partial charge is 0.453 e. The van der Waals surface area contributed by atoms with Crippen LogP contribution in [-0.4, -0.2) is 30.3 Å². The maximum Gasteiger partial charge on any atom is 0.407 e. The van der Waals surface area contributed by atoms with Crippen LogP contribution in [-0.2, 0) is 14.3 Å². The topological polar surface area (TPSA) is 96.3 Å². The summed E-state index contributed by atoms with van der Waals surface area (Å²) in [5.74, 6) is 0.343. The molecule has 4 saturated carbocycles. The zero-order chi connectivity index (χ0) is 28.1. The van der Waals surface area contributed by atoms with Gasteiger partial charge in [-0.1, -0.05) is 54.5 Å². The molecular weight excluding hydrogens is 476 g/mol. The van der Waals surface area contributed by atoms with Crippen LogP contribution < -0.4 is 5.32 Å². The first-order valence-electron chi connectivity index (χ1n) is 14.6. The molecule has 0 radical (unpaired) electrons. The number of hydrogen-bond acceptors (Lipinski definition) is 5. The Hall–Kier alpha value is -2.16. The van der Waals surface area contributed by atoms with Crippen LogP contribution in [0.4, 0.5) is 4.79 Å². The van der Waals surface area contributed by atoms with Crippen molar-refractivity contribution in [2.45, 2.75) is 105 Å². The number of hydrogen-bond donors (Lipinski definition) is 1. The molecule has 8 atom stereocenters. The van der Waals surface area contributed by atoms with Crippen LogP contribution in [0.2, 0.25) is 0 Å². The lowest BCUT2D eigenvalue weighted by Crippen LogP contribution is -2.72. The number of carbonyl (C=O) groups is 3. The minimum atomic E-state index is -0.629. The lowest BCUT2D eigenvalue weighted by atomic mass is 9.32. The summed E-state index contributed by atoms with van der Waals surface area (Å²) in [5.41, 5.74) is -1.43. The van der Waals surface area contributed by atoms with Gasteiger partial charge < -0.3 is 10.1 Å². The van der Waals surface area contributed by atoms with Crippen molar-refractivity contribution in [2.75, 3.05) is 7.11 Å². The molecule has 0 aromatic rings. The smallest absolute Gasteiger partial charge is 0.407 e. The Morgan fingerprint density at radius 1 is 0.974 bits per heavy atom. The molecule has 0 bridgehead atoms. The van der Waals surface area contributed by atoms with Crippen molar-refractivity contribution >= 4 is 17.7 Å². The quantitative estimate of drug-likeness (QED) is 0.430. The monoisotopic (exact) mass is 522 g/mol. The van der Waals surface area contributed by atoms with Crippen molar-refractivity contribution in [3.8, 4) is 6.07 Å². The highest BCUT2D eigenvalue weighted by Gasteiger charge is 2.72. The number of fused-ring (bicyclic) bond motifs is 7. The van der Waals surface area contributed by atoms with E-state index in [9.17, 15) is 19.6 Å². The number of rotatable bonds is 1. The van der Waals surface area contributed by atoms with Crippen LogP contribution in [0.5, 0.6) is 0 Å². The molecule has 1 N–H and O–H groups in total. The number of amides is 1. The fourth-order valence-electron chi connectivity index (χ4n) is 10.8.